The Bertz CT molecular complexity index is 697. The van der Waals surface area contributed by atoms with E-state index in [1.54, 1.807) is 12.1 Å². The fraction of sp³-hybridized carbons (Fsp3) is 0.133. The second-order valence-corrected chi connectivity index (χ2v) is 4.70. The van der Waals surface area contributed by atoms with Gasteiger partial charge in [-0.1, -0.05) is 0 Å². The minimum atomic E-state index is -0.614. The van der Waals surface area contributed by atoms with Crippen LogP contribution in [0.3, 0.4) is 0 Å². The van der Waals surface area contributed by atoms with E-state index in [1.807, 2.05) is 0 Å². The summed E-state index contributed by atoms with van der Waals surface area (Å²) in [5.41, 5.74) is 1.08. The number of ether oxygens (including phenoxy) is 1. The molecule has 2 aromatic rings. The van der Waals surface area contributed by atoms with Gasteiger partial charge in [0.05, 0.1) is 4.92 Å². The van der Waals surface area contributed by atoms with Gasteiger partial charge in [0.25, 0.3) is 5.69 Å². The number of rotatable bonds is 4. The average molecular weight is 287 g/mol. The number of non-ortho nitro benzene ring substituents is 1. The van der Waals surface area contributed by atoms with Crippen molar-refractivity contribution in [2.75, 3.05) is 0 Å². The summed E-state index contributed by atoms with van der Waals surface area (Å²) in [6.45, 7) is 0. The number of epoxide rings is 1. The number of hydrogen-bond acceptors (Lipinski definition) is 4. The van der Waals surface area contributed by atoms with Gasteiger partial charge in [-0.15, -0.1) is 0 Å². The highest BCUT2D eigenvalue weighted by molar-refractivity contribution is 6.01. The summed E-state index contributed by atoms with van der Waals surface area (Å²) in [6, 6.07) is 11.1. The standard InChI is InChI=1S/C15H10FNO4/c16-11-5-1-9(2-6-11)13(18)15-14(21-15)10-3-7-12(8-4-10)17(19)20/h1-8,14-15H/t14-,15-/m0/s1. The van der Waals surface area contributed by atoms with Crippen LogP contribution in [0.25, 0.3) is 0 Å². The van der Waals surface area contributed by atoms with Crippen molar-refractivity contribution in [2.24, 2.45) is 0 Å². The van der Waals surface area contributed by atoms with Crippen molar-refractivity contribution < 1.29 is 18.8 Å². The van der Waals surface area contributed by atoms with E-state index in [4.69, 9.17) is 4.74 Å². The number of nitro benzene ring substituents is 1. The van der Waals surface area contributed by atoms with Crippen LogP contribution in [0, 0.1) is 15.9 Å². The van der Waals surface area contributed by atoms with Crippen molar-refractivity contribution in [3.05, 3.63) is 75.6 Å². The van der Waals surface area contributed by atoms with Gasteiger partial charge >= 0.3 is 0 Å². The van der Waals surface area contributed by atoms with E-state index < -0.39 is 22.9 Å². The first kappa shape index (κ1) is 13.4. The van der Waals surface area contributed by atoms with E-state index in [1.165, 1.54) is 36.4 Å². The minimum Gasteiger partial charge on any atom is -0.356 e. The Labute approximate surface area is 119 Å². The van der Waals surface area contributed by atoms with Crippen molar-refractivity contribution in [3.8, 4) is 0 Å². The highest BCUT2D eigenvalue weighted by Crippen LogP contribution is 2.41. The predicted molar refractivity (Wildman–Crippen MR) is 71.4 cm³/mol. The molecule has 106 valence electrons. The van der Waals surface area contributed by atoms with Crippen molar-refractivity contribution >= 4 is 11.5 Å². The third-order valence-corrected chi connectivity index (χ3v) is 3.31. The quantitative estimate of drug-likeness (QED) is 0.375. The molecule has 5 nitrogen and oxygen atoms in total. The van der Waals surface area contributed by atoms with Crippen LogP contribution in [0.1, 0.15) is 22.0 Å². The first-order valence-electron chi connectivity index (χ1n) is 6.26. The maximum absolute atomic E-state index is 12.8. The first-order valence-corrected chi connectivity index (χ1v) is 6.26. The van der Waals surface area contributed by atoms with E-state index in [-0.39, 0.29) is 11.5 Å². The number of Topliss-reactive ketones (excluding diaryl/α,β-unsaturated/α-hetero) is 1. The second-order valence-electron chi connectivity index (χ2n) is 4.70. The van der Waals surface area contributed by atoms with Crippen LogP contribution < -0.4 is 0 Å². The maximum Gasteiger partial charge on any atom is 0.269 e. The molecule has 6 heteroatoms. The topological polar surface area (TPSA) is 72.7 Å². The van der Waals surface area contributed by atoms with Crippen molar-refractivity contribution in [1.82, 2.24) is 0 Å². The molecule has 1 aliphatic rings. The van der Waals surface area contributed by atoms with Gasteiger partial charge in [-0.3, -0.25) is 14.9 Å². The molecule has 0 amide bonds. The van der Waals surface area contributed by atoms with Crippen LogP contribution in [0.5, 0.6) is 0 Å². The molecule has 1 aliphatic heterocycles. The fourth-order valence-electron chi connectivity index (χ4n) is 2.13. The molecule has 1 saturated heterocycles. The van der Waals surface area contributed by atoms with E-state index >= 15 is 0 Å². The van der Waals surface area contributed by atoms with Crippen LogP contribution in [0.2, 0.25) is 0 Å². The third kappa shape index (κ3) is 2.66. The average Bonchev–Trinajstić information content (AvgIpc) is 3.28. The van der Waals surface area contributed by atoms with Crippen LogP contribution in [-0.4, -0.2) is 16.8 Å². The smallest absolute Gasteiger partial charge is 0.269 e. The molecule has 0 saturated carbocycles. The number of carbonyl (C=O) groups excluding carboxylic acids is 1. The van der Waals surface area contributed by atoms with Gasteiger partial charge in [0, 0.05) is 17.7 Å². The van der Waals surface area contributed by atoms with Gasteiger partial charge < -0.3 is 4.74 Å². The number of nitrogens with zero attached hydrogens (tertiary/aromatic N) is 1. The molecule has 0 radical (unpaired) electrons. The van der Waals surface area contributed by atoms with Gasteiger partial charge in [-0.2, -0.15) is 0 Å². The number of halogens is 1. The molecule has 3 rings (SSSR count). The lowest BCUT2D eigenvalue weighted by Gasteiger charge is -1.98. The summed E-state index contributed by atoms with van der Waals surface area (Å²) in [5.74, 6) is -0.631. The Kier molecular flexibility index (Phi) is 3.23. The molecular formula is C15H10FNO4. The Morgan fingerprint density at radius 1 is 1.10 bits per heavy atom. The maximum atomic E-state index is 12.8. The summed E-state index contributed by atoms with van der Waals surface area (Å²) in [4.78, 5) is 22.2. The second kappa shape index (κ2) is 5.06. The lowest BCUT2D eigenvalue weighted by Crippen LogP contribution is -2.08. The number of hydrogen-bond donors (Lipinski definition) is 0. The highest BCUT2D eigenvalue weighted by atomic mass is 19.1. The molecule has 0 N–H and O–H groups in total. The molecule has 2 aromatic carbocycles. The van der Waals surface area contributed by atoms with Crippen molar-refractivity contribution in [2.45, 2.75) is 12.2 Å². The summed E-state index contributed by atoms with van der Waals surface area (Å²) in [6.07, 6.45) is -1.01. The number of nitro groups is 1. The van der Waals surface area contributed by atoms with Crippen LogP contribution in [-0.2, 0) is 4.74 Å². The first-order chi connectivity index (χ1) is 10.1. The van der Waals surface area contributed by atoms with Crippen molar-refractivity contribution in [3.63, 3.8) is 0 Å². The Morgan fingerprint density at radius 3 is 2.29 bits per heavy atom. The summed E-state index contributed by atoms with van der Waals surface area (Å²) in [5, 5.41) is 10.6. The highest BCUT2D eigenvalue weighted by Gasteiger charge is 2.46. The Morgan fingerprint density at radius 2 is 1.71 bits per heavy atom. The fourth-order valence-corrected chi connectivity index (χ4v) is 2.13. The Balaban J connectivity index is 1.72. The largest absolute Gasteiger partial charge is 0.356 e. The molecule has 1 heterocycles. The van der Waals surface area contributed by atoms with Gasteiger partial charge in [0.2, 0.25) is 0 Å². The molecular weight excluding hydrogens is 277 g/mol. The zero-order valence-corrected chi connectivity index (χ0v) is 10.7. The predicted octanol–water partition coefficient (Wildman–Crippen LogP) is 3.06. The SMILES string of the molecule is O=C(c1ccc(F)cc1)[C@@H]1O[C@H]1c1ccc([N+](=O)[O-])cc1. The van der Waals surface area contributed by atoms with E-state index in [0.717, 1.165) is 0 Å². The van der Waals surface area contributed by atoms with Crippen LogP contribution >= 0.6 is 0 Å². The lowest BCUT2D eigenvalue weighted by atomic mass is 10.0. The zero-order valence-electron chi connectivity index (χ0n) is 10.7. The molecule has 0 bridgehead atoms. The number of ketones is 1. The third-order valence-electron chi connectivity index (χ3n) is 3.31. The van der Waals surface area contributed by atoms with Gasteiger partial charge in [-0.25, -0.2) is 4.39 Å². The van der Waals surface area contributed by atoms with Crippen LogP contribution in [0.15, 0.2) is 48.5 Å². The van der Waals surface area contributed by atoms with Gasteiger partial charge in [-0.05, 0) is 42.0 Å². The summed E-state index contributed by atoms with van der Waals surface area (Å²) in [7, 11) is 0. The molecule has 0 spiro atoms. The van der Waals surface area contributed by atoms with Crippen molar-refractivity contribution in [1.29, 1.82) is 0 Å². The number of carbonyl (C=O) groups is 1. The van der Waals surface area contributed by atoms with Gasteiger partial charge in [0.1, 0.15) is 11.9 Å². The number of benzene rings is 2. The lowest BCUT2D eigenvalue weighted by molar-refractivity contribution is -0.384. The van der Waals surface area contributed by atoms with E-state index in [9.17, 15) is 19.3 Å². The zero-order chi connectivity index (χ0) is 15.0. The molecule has 21 heavy (non-hydrogen) atoms. The molecule has 0 unspecified atom stereocenters. The molecule has 1 fully saturated rings. The minimum absolute atomic E-state index is 0.0131. The monoisotopic (exact) mass is 287 g/mol. The molecule has 0 aliphatic carbocycles. The van der Waals surface area contributed by atoms with E-state index in [2.05, 4.69) is 0 Å². The normalized spacial score (nSPS) is 20.0. The van der Waals surface area contributed by atoms with Crippen LogP contribution in [0.4, 0.5) is 10.1 Å². The Hall–Kier alpha value is -2.60. The van der Waals surface area contributed by atoms with Gasteiger partial charge in [0.15, 0.2) is 11.9 Å². The summed E-state index contributed by atoms with van der Waals surface area (Å²) >= 11 is 0. The summed E-state index contributed by atoms with van der Waals surface area (Å²) < 4.78 is 18.2. The van der Waals surface area contributed by atoms with E-state index in [0.29, 0.717) is 11.1 Å². The molecule has 0 aromatic heterocycles. The molecule has 2 atom stereocenters.